The summed E-state index contributed by atoms with van der Waals surface area (Å²) in [5.74, 6) is 0.0452. The Hall–Kier alpha value is -4.83. The zero-order valence-corrected chi connectivity index (χ0v) is 28.4. The van der Waals surface area contributed by atoms with Gasteiger partial charge in [0, 0.05) is 25.6 Å². The van der Waals surface area contributed by atoms with Gasteiger partial charge in [0.15, 0.2) is 11.5 Å². The van der Waals surface area contributed by atoms with E-state index in [2.05, 4.69) is 5.32 Å². The number of carbonyl (C=O) groups excluding carboxylic acids is 2. The van der Waals surface area contributed by atoms with Crippen LogP contribution in [0.2, 0.25) is 0 Å². The Kier molecular flexibility index (Phi) is 12.0. The number of nitrogens with one attached hydrogen (secondary N) is 1. The lowest BCUT2D eigenvalue weighted by Crippen LogP contribution is -2.53. The molecule has 1 unspecified atom stereocenters. The molecule has 47 heavy (non-hydrogen) atoms. The number of anilines is 1. The largest absolute Gasteiger partial charge is 0.493 e. The Morgan fingerprint density at radius 2 is 1.40 bits per heavy atom. The number of ether oxygens (including phenoxy) is 2. The number of sulfonamides is 1. The molecule has 0 heterocycles. The van der Waals surface area contributed by atoms with E-state index < -0.39 is 28.5 Å². The van der Waals surface area contributed by atoms with Crippen molar-refractivity contribution in [2.75, 3.05) is 31.6 Å². The molecule has 0 saturated carbocycles. The minimum Gasteiger partial charge on any atom is -0.493 e. The molecule has 0 aromatic heterocycles. The van der Waals surface area contributed by atoms with E-state index in [9.17, 15) is 18.0 Å². The van der Waals surface area contributed by atoms with Crippen LogP contribution < -0.4 is 19.1 Å². The van der Waals surface area contributed by atoms with Crippen molar-refractivity contribution in [1.29, 1.82) is 0 Å². The number of carbonyl (C=O) groups is 2. The topological polar surface area (TPSA) is 105 Å². The number of benzene rings is 4. The SMILES string of the molecule is COc1ccc(N(CC(=O)N(Cc2ccc(C)cc2)C(Cc2ccccc2)C(=O)NCC(C)C)S(=O)(=O)c2ccccc2)cc1OC. The van der Waals surface area contributed by atoms with Gasteiger partial charge in [-0.3, -0.25) is 13.9 Å². The monoisotopic (exact) mass is 657 g/mol. The van der Waals surface area contributed by atoms with Crippen LogP contribution in [0.5, 0.6) is 11.5 Å². The molecular weight excluding hydrogens is 614 g/mol. The number of amides is 2. The summed E-state index contributed by atoms with van der Waals surface area (Å²) in [6, 6.07) is 28.9. The highest BCUT2D eigenvalue weighted by molar-refractivity contribution is 7.92. The smallest absolute Gasteiger partial charge is 0.264 e. The number of rotatable bonds is 15. The van der Waals surface area contributed by atoms with Crippen LogP contribution in [0, 0.1) is 12.8 Å². The van der Waals surface area contributed by atoms with Crippen molar-refractivity contribution in [2.45, 2.75) is 44.7 Å². The molecule has 0 aliphatic carbocycles. The summed E-state index contributed by atoms with van der Waals surface area (Å²) in [4.78, 5) is 30.0. The Morgan fingerprint density at radius 3 is 2.00 bits per heavy atom. The molecule has 9 nitrogen and oxygen atoms in total. The molecule has 4 rings (SSSR count). The fraction of sp³-hybridized carbons (Fsp3) is 0.297. The first-order valence-corrected chi connectivity index (χ1v) is 16.9. The van der Waals surface area contributed by atoms with E-state index in [0.29, 0.717) is 18.0 Å². The van der Waals surface area contributed by atoms with Gasteiger partial charge < -0.3 is 19.7 Å². The lowest BCUT2D eigenvalue weighted by molar-refractivity contribution is -0.140. The highest BCUT2D eigenvalue weighted by Gasteiger charge is 2.35. The summed E-state index contributed by atoms with van der Waals surface area (Å²) >= 11 is 0. The molecule has 2 amide bonds. The third-order valence-electron chi connectivity index (χ3n) is 7.69. The van der Waals surface area contributed by atoms with Gasteiger partial charge in [0.1, 0.15) is 12.6 Å². The molecule has 0 aliphatic rings. The Balaban J connectivity index is 1.82. The summed E-state index contributed by atoms with van der Waals surface area (Å²) in [5, 5.41) is 3.01. The molecule has 0 bridgehead atoms. The van der Waals surface area contributed by atoms with Crippen LogP contribution in [0.15, 0.2) is 108 Å². The van der Waals surface area contributed by atoms with Crippen molar-refractivity contribution in [3.8, 4) is 11.5 Å². The van der Waals surface area contributed by atoms with Crippen LogP contribution >= 0.6 is 0 Å². The molecule has 4 aromatic carbocycles. The van der Waals surface area contributed by atoms with Gasteiger partial charge in [0.25, 0.3) is 10.0 Å². The highest BCUT2D eigenvalue weighted by atomic mass is 32.2. The second-order valence-electron chi connectivity index (χ2n) is 11.7. The summed E-state index contributed by atoms with van der Waals surface area (Å²) in [5.41, 5.74) is 2.93. The lowest BCUT2D eigenvalue weighted by Gasteiger charge is -2.34. The van der Waals surface area contributed by atoms with Crippen molar-refractivity contribution in [2.24, 2.45) is 5.92 Å². The van der Waals surface area contributed by atoms with E-state index in [1.807, 2.05) is 75.4 Å². The number of aryl methyl sites for hydroxylation is 1. The summed E-state index contributed by atoms with van der Waals surface area (Å²) in [6.07, 6.45) is 0.240. The highest BCUT2D eigenvalue weighted by Crippen LogP contribution is 2.34. The maximum Gasteiger partial charge on any atom is 0.264 e. The van der Waals surface area contributed by atoms with Crippen LogP contribution in [-0.2, 0) is 32.6 Å². The van der Waals surface area contributed by atoms with E-state index in [1.54, 1.807) is 30.3 Å². The maximum absolute atomic E-state index is 14.6. The first-order valence-electron chi connectivity index (χ1n) is 15.5. The van der Waals surface area contributed by atoms with Crippen LogP contribution in [0.1, 0.15) is 30.5 Å². The average Bonchev–Trinajstić information content (AvgIpc) is 3.08. The second-order valence-corrected chi connectivity index (χ2v) is 13.6. The molecule has 0 aliphatic heterocycles. The van der Waals surface area contributed by atoms with Crippen molar-refractivity contribution in [3.05, 3.63) is 120 Å². The fourth-order valence-corrected chi connectivity index (χ4v) is 6.52. The maximum atomic E-state index is 14.6. The van der Waals surface area contributed by atoms with Crippen molar-refractivity contribution >= 4 is 27.5 Å². The quantitative estimate of drug-likeness (QED) is 0.178. The predicted molar refractivity (Wildman–Crippen MR) is 184 cm³/mol. The number of hydrogen-bond donors (Lipinski definition) is 1. The summed E-state index contributed by atoms with van der Waals surface area (Å²) in [6.45, 7) is 5.92. The Bertz CT molecular complexity index is 1730. The minimum atomic E-state index is -4.24. The number of hydrogen-bond acceptors (Lipinski definition) is 6. The van der Waals surface area contributed by atoms with Crippen LogP contribution in [0.3, 0.4) is 0 Å². The van der Waals surface area contributed by atoms with E-state index in [4.69, 9.17) is 9.47 Å². The van der Waals surface area contributed by atoms with Crippen LogP contribution in [0.4, 0.5) is 5.69 Å². The molecule has 248 valence electrons. The van der Waals surface area contributed by atoms with Gasteiger partial charge >= 0.3 is 0 Å². The fourth-order valence-electron chi connectivity index (χ4n) is 5.10. The predicted octanol–water partition coefficient (Wildman–Crippen LogP) is 5.62. The summed E-state index contributed by atoms with van der Waals surface area (Å²) < 4.78 is 40.3. The normalized spacial score (nSPS) is 11.9. The zero-order valence-electron chi connectivity index (χ0n) is 27.6. The minimum absolute atomic E-state index is 0.0168. The molecule has 1 N–H and O–H groups in total. The van der Waals surface area contributed by atoms with Gasteiger partial charge in [-0.2, -0.15) is 0 Å². The molecular formula is C37H43N3O6S. The molecule has 4 aromatic rings. The van der Waals surface area contributed by atoms with Gasteiger partial charge in [-0.25, -0.2) is 8.42 Å². The van der Waals surface area contributed by atoms with Gasteiger partial charge in [-0.05, 0) is 48.2 Å². The van der Waals surface area contributed by atoms with Crippen LogP contribution in [-0.4, -0.2) is 58.5 Å². The van der Waals surface area contributed by atoms with Gasteiger partial charge in [-0.1, -0.05) is 92.2 Å². The second kappa shape index (κ2) is 16.1. The third kappa shape index (κ3) is 9.13. The average molecular weight is 658 g/mol. The Morgan fingerprint density at radius 1 is 0.787 bits per heavy atom. The Labute approximate surface area is 278 Å². The van der Waals surface area contributed by atoms with Gasteiger partial charge in [0.2, 0.25) is 11.8 Å². The molecule has 10 heteroatoms. The van der Waals surface area contributed by atoms with Crippen LogP contribution in [0.25, 0.3) is 0 Å². The number of nitrogens with zero attached hydrogens (tertiary/aromatic N) is 2. The molecule has 0 radical (unpaired) electrons. The van der Waals surface area contributed by atoms with E-state index in [0.717, 1.165) is 21.0 Å². The van der Waals surface area contributed by atoms with Crippen molar-refractivity contribution in [1.82, 2.24) is 10.2 Å². The standard InChI is InChI=1S/C37H43N3O6S/c1-27(2)24-38-37(42)33(22-29-12-8-6-9-13-29)39(25-30-18-16-28(3)17-19-30)36(41)26-40(47(43,44)32-14-10-7-11-15-32)31-20-21-34(45-4)35(23-31)46-5/h6-21,23,27,33H,22,24-26H2,1-5H3,(H,38,42). The first-order chi connectivity index (χ1) is 22.5. The number of methoxy groups -OCH3 is 2. The lowest BCUT2D eigenvalue weighted by atomic mass is 10.0. The molecule has 0 fully saturated rings. The van der Waals surface area contributed by atoms with Crippen molar-refractivity contribution in [3.63, 3.8) is 0 Å². The van der Waals surface area contributed by atoms with E-state index >= 15 is 0 Å². The van der Waals surface area contributed by atoms with Gasteiger partial charge in [-0.15, -0.1) is 0 Å². The van der Waals surface area contributed by atoms with E-state index in [1.165, 1.54) is 37.3 Å². The third-order valence-corrected chi connectivity index (χ3v) is 9.48. The molecule has 0 spiro atoms. The van der Waals surface area contributed by atoms with Gasteiger partial charge in [0.05, 0.1) is 24.8 Å². The summed E-state index contributed by atoms with van der Waals surface area (Å²) in [7, 11) is -1.30. The van der Waals surface area contributed by atoms with Crippen molar-refractivity contribution < 1.29 is 27.5 Å². The van der Waals surface area contributed by atoms with E-state index in [-0.39, 0.29) is 35.4 Å². The first kappa shape index (κ1) is 35.0. The molecule has 1 atom stereocenters. The zero-order chi connectivity index (χ0) is 34.0. The molecule has 0 saturated heterocycles.